The maximum atomic E-state index is 11.8. The predicted octanol–water partition coefficient (Wildman–Crippen LogP) is 6.94. The molecule has 0 aromatic rings. The standard InChI is InChI=1S/C18H35NO.C3H8N2O.3C2H6/c1-7-16(4)11-12-17(5)10-8-9-13-19(6)18(20)14-15(2)3;1-2(4)3(5)6;3*1-2/h15-16H,5,7-14H2,1-4,6H3;2H,4H2,1H3,(H2,5,6);3*1-2H3/t;2-;;;/m.0.../s1. The average molecular weight is 460 g/mol. The van der Waals surface area contributed by atoms with E-state index in [9.17, 15) is 9.59 Å². The van der Waals surface area contributed by atoms with Crippen LogP contribution in [0.1, 0.15) is 121 Å². The molecule has 0 bridgehead atoms. The van der Waals surface area contributed by atoms with Gasteiger partial charge in [0, 0.05) is 20.0 Å². The largest absolute Gasteiger partial charge is 0.368 e. The molecule has 1 unspecified atom stereocenters. The second-order valence-electron chi connectivity index (χ2n) is 7.86. The number of hydrogen-bond donors (Lipinski definition) is 2. The molecule has 0 aromatic heterocycles. The van der Waals surface area contributed by atoms with Crippen LogP contribution in [-0.4, -0.2) is 36.3 Å². The summed E-state index contributed by atoms with van der Waals surface area (Å²) >= 11 is 0. The summed E-state index contributed by atoms with van der Waals surface area (Å²) in [6.07, 6.45) is 7.71. The molecule has 0 radical (unpaired) electrons. The van der Waals surface area contributed by atoms with Crippen molar-refractivity contribution in [1.29, 1.82) is 0 Å². The number of primary amides is 1. The van der Waals surface area contributed by atoms with Gasteiger partial charge in [-0.05, 0) is 50.9 Å². The number of nitrogens with zero attached hydrogens (tertiary/aromatic N) is 1. The van der Waals surface area contributed by atoms with Crippen LogP contribution in [0.15, 0.2) is 12.2 Å². The van der Waals surface area contributed by atoms with Crippen LogP contribution in [0, 0.1) is 11.8 Å². The minimum absolute atomic E-state index is 0.274. The second-order valence-corrected chi connectivity index (χ2v) is 7.86. The lowest BCUT2D eigenvalue weighted by Crippen LogP contribution is -2.32. The monoisotopic (exact) mass is 459 g/mol. The van der Waals surface area contributed by atoms with E-state index in [2.05, 4.69) is 40.0 Å². The molecule has 0 heterocycles. The molecule has 2 atom stereocenters. The number of unbranched alkanes of at least 4 members (excludes halogenated alkanes) is 1. The Bertz CT molecular complexity index is 408. The molecule has 0 spiro atoms. The molecule has 0 saturated carbocycles. The summed E-state index contributed by atoms with van der Waals surface area (Å²) in [5, 5.41) is 0. The fraction of sp³-hybridized carbons (Fsp3) is 0.852. The van der Waals surface area contributed by atoms with E-state index in [-0.39, 0.29) is 5.91 Å². The Morgan fingerprint density at radius 2 is 1.34 bits per heavy atom. The molecule has 0 aliphatic carbocycles. The maximum absolute atomic E-state index is 11.8. The number of allylic oxidation sites excluding steroid dienone is 1. The highest BCUT2D eigenvalue weighted by molar-refractivity contribution is 5.78. The van der Waals surface area contributed by atoms with Crippen molar-refractivity contribution >= 4 is 11.8 Å². The number of carbonyl (C=O) groups excluding carboxylic acids is 2. The molecule has 0 fully saturated rings. The van der Waals surface area contributed by atoms with Crippen molar-refractivity contribution in [2.45, 2.75) is 127 Å². The van der Waals surface area contributed by atoms with Gasteiger partial charge in [-0.15, -0.1) is 0 Å². The van der Waals surface area contributed by atoms with Crippen molar-refractivity contribution < 1.29 is 9.59 Å². The predicted molar refractivity (Wildman–Crippen MR) is 146 cm³/mol. The fourth-order valence-electron chi connectivity index (χ4n) is 2.13. The first-order chi connectivity index (χ1) is 15.0. The SMILES string of the molecule is C=C(CCCCN(C)C(=O)CC(C)C)CCC(C)CC.CC.CC.CC.C[C@H](N)C(N)=O. The van der Waals surface area contributed by atoms with Crippen LogP contribution in [0.2, 0.25) is 0 Å². The van der Waals surface area contributed by atoms with E-state index in [1.807, 2.05) is 53.5 Å². The molecule has 0 aliphatic rings. The van der Waals surface area contributed by atoms with Gasteiger partial charge in [0.05, 0.1) is 6.04 Å². The first-order valence-corrected chi connectivity index (χ1v) is 13.0. The zero-order valence-corrected chi connectivity index (χ0v) is 24.0. The summed E-state index contributed by atoms with van der Waals surface area (Å²) in [5.74, 6) is 1.07. The van der Waals surface area contributed by atoms with Crippen LogP contribution >= 0.6 is 0 Å². The van der Waals surface area contributed by atoms with E-state index in [0.717, 1.165) is 38.1 Å². The minimum Gasteiger partial charge on any atom is -0.368 e. The van der Waals surface area contributed by atoms with Gasteiger partial charge < -0.3 is 16.4 Å². The van der Waals surface area contributed by atoms with E-state index in [1.54, 1.807) is 6.92 Å². The first-order valence-electron chi connectivity index (χ1n) is 13.0. The smallest absolute Gasteiger partial charge is 0.234 e. The van der Waals surface area contributed by atoms with Gasteiger partial charge in [0.15, 0.2) is 0 Å². The highest BCUT2D eigenvalue weighted by atomic mass is 16.2. The Balaban J connectivity index is -0.000000169. The minimum atomic E-state index is -0.509. The van der Waals surface area contributed by atoms with Crippen LogP contribution in [0.3, 0.4) is 0 Å². The summed E-state index contributed by atoms with van der Waals surface area (Å²) in [6, 6.07) is -0.509. The lowest BCUT2D eigenvalue weighted by Gasteiger charge is -2.18. The topological polar surface area (TPSA) is 89.4 Å². The molecular weight excluding hydrogens is 398 g/mol. The molecule has 32 heavy (non-hydrogen) atoms. The summed E-state index contributed by atoms with van der Waals surface area (Å²) in [7, 11) is 1.92. The molecule has 0 rings (SSSR count). The molecule has 0 aliphatic heterocycles. The number of hydrogen-bond acceptors (Lipinski definition) is 3. The summed E-state index contributed by atoms with van der Waals surface area (Å²) in [6.45, 7) is 27.3. The van der Waals surface area contributed by atoms with Crippen LogP contribution in [0.5, 0.6) is 0 Å². The van der Waals surface area contributed by atoms with Crippen LogP contribution in [-0.2, 0) is 9.59 Å². The quantitative estimate of drug-likeness (QED) is 0.244. The van der Waals surface area contributed by atoms with Gasteiger partial charge in [0.25, 0.3) is 0 Å². The highest BCUT2D eigenvalue weighted by Gasteiger charge is 2.10. The van der Waals surface area contributed by atoms with Crippen molar-refractivity contribution in [2.24, 2.45) is 23.3 Å². The van der Waals surface area contributed by atoms with Crippen LogP contribution in [0.25, 0.3) is 0 Å². The van der Waals surface area contributed by atoms with E-state index < -0.39 is 11.9 Å². The number of amides is 2. The summed E-state index contributed by atoms with van der Waals surface area (Å²) in [4.78, 5) is 23.5. The average Bonchev–Trinajstić information content (AvgIpc) is 2.78. The number of rotatable bonds is 12. The third-order valence-electron chi connectivity index (χ3n) is 4.42. The molecule has 4 N–H and O–H groups in total. The van der Waals surface area contributed by atoms with Gasteiger partial charge in [0.1, 0.15) is 0 Å². The van der Waals surface area contributed by atoms with E-state index in [4.69, 9.17) is 5.73 Å². The maximum Gasteiger partial charge on any atom is 0.234 e. The summed E-state index contributed by atoms with van der Waals surface area (Å²) < 4.78 is 0. The zero-order valence-electron chi connectivity index (χ0n) is 24.0. The highest BCUT2D eigenvalue weighted by Crippen LogP contribution is 2.17. The Labute approximate surface area is 202 Å². The fourth-order valence-corrected chi connectivity index (χ4v) is 2.13. The van der Waals surface area contributed by atoms with E-state index >= 15 is 0 Å². The van der Waals surface area contributed by atoms with E-state index in [1.165, 1.54) is 18.4 Å². The molecule has 0 aromatic carbocycles. The van der Waals surface area contributed by atoms with Crippen molar-refractivity contribution in [3.05, 3.63) is 12.2 Å². The Kier molecular flexibility index (Phi) is 40.7. The van der Waals surface area contributed by atoms with Gasteiger partial charge in [-0.1, -0.05) is 87.8 Å². The van der Waals surface area contributed by atoms with Gasteiger partial charge in [0.2, 0.25) is 11.8 Å². The zero-order chi connectivity index (χ0) is 26.7. The first kappa shape index (κ1) is 40.9. The molecule has 196 valence electrons. The molecular formula is C27H61N3O2. The van der Waals surface area contributed by atoms with Crippen molar-refractivity contribution in [3.8, 4) is 0 Å². The van der Waals surface area contributed by atoms with Gasteiger partial charge in [-0.25, -0.2) is 0 Å². The Morgan fingerprint density at radius 1 is 0.906 bits per heavy atom. The molecule has 0 saturated heterocycles. The Morgan fingerprint density at radius 3 is 1.69 bits per heavy atom. The van der Waals surface area contributed by atoms with Gasteiger partial charge in [-0.2, -0.15) is 0 Å². The van der Waals surface area contributed by atoms with Crippen molar-refractivity contribution in [2.75, 3.05) is 13.6 Å². The van der Waals surface area contributed by atoms with Crippen molar-refractivity contribution in [3.63, 3.8) is 0 Å². The van der Waals surface area contributed by atoms with Gasteiger partial charge in [-0.3, -0.25) is 9.59 Å². The third kappa shape index (κ3) is 36.0. The second kappa shape index (κ2) is 31.8. The molecule has 2 amide bonds. The van der Waals surface area contributed by atoms with E-state index in [0.29, 0.717) is 12.3 Å². The van der Waals surface area contributed by atoms with Crippen molar-refractivity contribution in [1.82, 2.24) is 4.90 Å². The lowest BCUT2D eigenvalue weighted by atomic mass is 9.97. The third-order valence-corrected chi connectivity index (χ3v) is 4.42. The molecule has 5 nitrogen and oxygen atoms in total. The van der Waals surface area contributed by atoms with Gasteiger partial charge >= 0.3 is 0 Å². The normalized spacial score (nSPS) is 10.9. The number of nitrogens with two attached hydrogens (primary N) is 2. The Hall–Kier alpha value is -1.36. The van der Waals surface area contributed by atoms with Crippen LogP contribution < -0.4 is 11.5 Å². The van der Waals surface area contributed by atoms with Crippen LogP contribution in [0.4, 0.5) is 0 Å². The number of carbonyl (C=O) groups is 2. The lowest BCUT2D eigenvalue weighted by molar-refractivity contribution is -0.130. The summed E-state index contributed by atoms with van der Waals surface area (Å²) in [5.41, 5.74) is 11.0. The molecule has 5 heteroatoms.